The molecule has 234 valence electrons. The van der Waals surface area contributed by atoms with E-state index in [1.165, 1.54) is 12.1 Å². The first-order valence-electron chi connectivity index (χ1n) is 15.3. The highest BCUT2D eigenvalue weighted by atomic mass is 16.5. The minimum Gasteiger partial charge on any atom is -0.508 e. The Hall–Kier alpha value is -3.69. The number of carbonyl (C=O) groups excluding carboxylic acids is 3. The van der Waals surface area contributed by atoms with Crippen LogP contribution in [0.15, 0.2) is 66.3 Å². The van der Waals surface area contributed by atoms with Crippen molar-refractivity contribution in [2.75, 3.05) is 5.32 Å². The maximum atomic E-state index is 12.9. The predicted octanol–water partition coefficient (Wildman–Crippen LogP) is 4.78. The molecule has 1 aromatic carbocycles. The van der Waals surface area contributed by atoms with E-state index in [2.05, 4.69) is 10.6 Å². The summed E-state index contributed by atoms with van der Waals surface area (Å²) in [6, 6.07) is 4.02. The van der Waals surface area contributed by atoms with Gasteiger partial charge in [0.1, 0.15) is 17.9 Å². The molecule has 43 heavy (non-hydrogen) atoms. The molecule has 2 aliphatic rings. The number of hydrogen-bond acceptors (Lipinski definition) is 7. The lowest BCUT2D eigenvalue weighted by Gasteiger charge is -2.25. The van der Waals surface area contributed by atoms with Gasteiger partial charge in [0.25, 0.3) is 0 Å². The van der Waals surface area contributed by atoms with Crippen molar-refractivity contribution in [2.24, 2.45) is 5.92 Å². The highest BCUT2D eigenvalue weighted by Gasteiger charge is 2.27. The predicted molar refractivity (Wildman–Crippen MR) is 166 cm³/mol. The number of aliphatic hydroxyl groups excluding tert-OH is 2. The molecule has 1 heterocycles. The summed E-state index contributed by atoms with van der Waals surface area (Å²) < 4.78 is 5.78. The molecule has 1 saturated carbocycles. The number of hydrogen-bond donors (Lipinski definition) is 5. The van der Waals surface area contributed by atoms with E-state index in [0.29, 0.717) is 24.9 Å². The zero-order valence-electron chi connectivity index (χ0n) is 25.2. The Morgan fingerprint density at radius 2 is 1.79 bits per heavy atom. The second kappa shape index (κ2) is 17.4. The van der Waals surface area contributed by atoms with Gasteiger partial charge in [0.15, 0.2) is 0 Å². The van der Waals surface area contributed by atoms with Gasteiger partial charge in [0.05, 0.1) is 18.6 Å². The maximum absolute atomic E-state index is 12.9. The molecule has 1 fully saturated rings. The Morgan fingerprint density at radius 3 is 2.56 bits per heavy atom. The molecule has 1 aromatic rings. The van der Waals surface area contributed by atoms with Gasteiger partial charge in [-0.25, -0.2) is 4.79 Å². The number of aryl methyl sites for hydroxylation is 1. The van der Waals surface area contributed by atoms with Crippen molar-refractivity contribution in [2.45, 2.75) is 102 Å². The van der Waals surface area contributed by atoms with Gasteiger partial charge in [-0.15, -0.1) is 0 Å². The molecule has 9 heteroatoms. The second-order valence-corrected chi connectivity index (χ2v) is 11.5. The number of anilines is 1. The van der Waals surface area contributed by atoms with Crippen LogP contribution >= 0.6 is 0 Å². The van der Waals surface area contributed by atoms with E-state index in [1.807, 2.05) is 19.1 Å². The SMILES string of the molecule is C/C1=C/CCc2cc(O)cc(c2)NC(=O)CC(O)\C=C/C=C\C=C/CC(OC(=O)C(C)NC(=O)C2CCCCC2)CC1O. The van der Waals surface area contributed by atoms with Crippen LogP contribution in [0, 0.1) is 5.92 Å². The highest BCUT2D eigenvalue weighted by molar-refractivity contribution is 5.91. The smallest absolute Gasteiger partial charge is 0.328 e. The molecular weight excluding hydrogens is 548 g/mol. The van der Waals surface area contributed by atoms with Crippen molar-refractivity contribution in [3.05, 3.63) is 71.9 Å². The van der Waals surface area contributed by atoms with E-state index in [-0.39, 0.29) is 36.3 Å². The summed E-state index contributed by atoms with van der Waals surface area (Å²) in [5.74, 6) is -1.10. The Balaban J connectivity index is 1.72. The van der Waals surface area contributed by atoms with Crippen LogP contribution in [0.1, 0.15) is 77.2 Å². The maximum Gasteiger partial charge on any atom is 0.328 e. The van der Waals surface area contributed by atoms with Crippen molar-refractivity contribution in [1.29, 1.82) is 0 Å². The normalized spacial score (nSPS) is 27.2. The van der Waals surface area contributed by atoms with Crippen molar-refractivity contribution >= 4 is 23.5 Å². The molecule has 0 saturated heterocycles. The van der Waals surface area contributed by atoms with Gasteiger partial charge in [-0.1, -0.05) is 61.8 Å². The molecule has 0 spiro atoms. The molecule has 9 nitrogen and oxygen atoms in total. The van der Waals surface area contributed by atoms with Gasteiger partial charge in [0.2, 0.25) is 11.8 Å². The summed E-state index contributed by atoms with van der Waals surface area (Å²) in [6.07, 6.45) is 16.0. The molecule has 4 atom stereocenters. The van der Waals surface area contributed by atoms with Crippen molar-refractivity contribution in [3.8, 4) is 5.75 Å². The quantitative estimate of drug-likeness (QED) is 0.249. The number of benzene rings is 1. The molecule has 0 aromatic heterocycles. The van der Waals surface area contributed by atoms with Crippen LogP contribution in [0.3, 0.4) is 0 Å². The number of aromatic hydroxyl groups is 1. The number of esters is 1. The third-order valence-corrected chi connectivity index (χ3v) is 7.74. The lowest BCUT2D eigenvalue weighted by Crippen LogP contribution is -2.44. The van der Waals surface area contributed by atoms with E-state index in [9.17, 15) is 29.7 Å². The number of carbonyl (C=O) groups is 3. The number of amides is 2. The molecule has 5 N–H and O–H groups in total. The Kier molecular flexibility index (Phi) is 13.7. The Bertz CT molecular complexity index is 1210. The van der Waals surface area contributed by atoms with Crippen LogP contribution < -0.4 is 10.6 Å². The number of rotatable bonds is 4. The third kappa shape index (κ3) is 12.2. The number of aliphatic hydroxyl groups is 2. The molecule has 1 aliphatic carbocycles. The van der Waals surface area contributed by atoms with E-state index < -0.39 is 30.3 Å². The van der Waals surface area contributed by atoms with Crippen molar-refractivity contribution in [3.63, 3.8) is 0 Å². The van der Waals surface area contributed by atoms with Gasteiger partial charge in [-0.05, 0) is 62.8 Å². The minimum absolute atomic E-state index is 0.0128. The second-order valence-electron chi connectivity index (χ2n) is 11.5. The molecule has 2 amide bonds. The fourth-order valence-electron chi connectivity index (χ4n) is 5.24. The van der Waals surface area contributed by atoms with E-state index >= 15 is 0 Å². The first kappa shape index (κ1) is 33.8. The standard InChI is InChI=1S/C34H46N2O7/c1-23-12-11-13-25-18-27(20-29(38)19-25)36-32(40)21-28(37)16-9-4-3-5-10-17-30(22-31(23)39)43-34(42)24(2)35-33(41)26-14-7-6-8-15-26/h3-5,9-10,12,16,18-20,24,26,28,30-31,37-39H,6-8,11,13-15,17,21-22H2,1-2H3,(H,35,41)(H,36,40)/b4-3-,10-5-,16-9-,23-12-. The van der Waals surface area contributed by atoms with Gasteiger partial charge in [0, 0.05) is 30.5 Å². The monoisotopic (exact) mass is 594 g/mol. The molecule has 1 aliphatic heterocycles. The van der Waals surface area contributed by atoms with Crippen LogP contribution in [0.2, 0.25) is 0 Å². The lowest BCUT2D eigenvalue weighted by atomic mass is 9.88. The summed E-state index contributed by atoms with van der Waals surface area (Å²) in [5.41, 5.74) is 1.95. The zero-order valence-corrected chi connectivity index (χ0v) is 25.2. The van der Waals surface area contributed by atoms with Crippen LogP contribution in [-0.2, 0) is 25.5 Å². The average molecular weight is 595 g/mol. The molecule has 4 unspecified atom stereocenters. The van der Waals surface area contributed by atoms with Gasteiger partial charge in [-0.3, -0.25) is 9.59 Å². The van der Waals surface area contributed by atoms with E-state index in [4.69, 9.17) is 4.74 Å². The van der Waals surface area contributed by atoms with Gasteiger partial charge in [-0.2, -0.15) is 0 Å². The fourth-order valence-corrected chi connectivity index (χ4v) is 5.24. The average Bonchev–Trinajstić information content (AvgIpc) is 2.95. The van der Waals surface area contributed by atoms with E-state index in [0.717, 1.165) is 43.2 Å². The van der Waals surface area contributed by atoms with Gasteiger partial charge < -0.3 is 30.7 Å². The highest BCUT2D eigenvalue weighted by Crippen LogP contribution is 2.24. The lowest BCUT2D eigenvalue weighted by molar-refractivity contribution is -0.153. The van der Waals surface area contributed by atoms with Gasteiger partial charge >= 0.3 is 5.97 Å². The summed E-state index contributed by atoms with van der Waals surface area (Å²) in [4.78, 5) is 38.0. The Morgan fingerprint density at radius 1 is 1.05 bits per heavy atom. The first-order chi connectivity index (χ1) is 20.6. The van der Waals surface area contributed by atoms with Crippen molar-refractivity contribution < 1.29 is 34.4 Å². The van der Waals surface area contributed by atoms with E-state index in [1.54, 1.807) is 43.4 Å². The molecule has 3 rings (SSSR count). The Labute approximate surface area is 254 Å². The third-order valence-electron chi connectivity index (χ3n) is 7.74. The van der Waals surface area contributed by atoms with Crippen LogP contribution in [0.4, 0.5) is 5.69 Å². The minimum atomic E-state index is -0.987. The largest absolute Gasteiger partial charge is 0.508 e. The summed E-state index contributed by atoms with van der Waals surface area (Å²) in [5, 5.41) is 36.8. The molecule has 2 bridgehead atoms. The number of allylic oxidation sites excluding steroid dienone is 5. The summed E-state index contributed by atoms with van der Waals surface area (Å²) in [7, 11) is 0. The van der Waals surface area contributed by atoms with Crippen molar-refractivity contribution in [1.82, 2.24) is 5.32 Å². The topological polar surface area (TPSA) is 145 Å². The number of nitrogens with one attached hydrogen (secondary N) is 2. The van der Waals surface area contributed by atoms with Crippen LogP contribution in [-0.4, -0.2) is 57.5 Å². The fraction of sp³-hybridized carbons (Fsp3) is 0.500. The number of phenolic OH excluding ortho intramolecular Hbond substituents is 1. The summed E-state index contributed by atoms with van der Waals surface area (Å²) in [6.45, 7) is 3.43. The molecule has 0 radical (unpaired) electrons. The van der Waals surface area contributed by atoms with Crippen LogP contribution in [0.25, 0.3) is 0 Å². The zero-order chi connectivity index (χ0) is 31.2. The summed E-state index contributed by atoms with van der Waals surface area (Å²) >= 11 is 0. The van der Waals surface area contributed by atoms with Crippen LogP contribution in [0.5, 0.6) is 5.75 Å². The first-order valence-corrected chi connectivity index (χ1v) is 15.3. The number of ether oxygens (including phenoxy) is 1. The molecular formula is C34H46N2O7. The number of fused-ring (bicyclic) bond motifs is 2. The number of phenols is 1.